The molecule has 6 nitrogen and oxygen atoms in total. The molecule has 0 bridgehead atoms. The Kier molecular flexibility index (Phi) is 4.75. The van der Waals surface area contributed by atoms with E-state index >= 15 is 0 Å². The minimum absolute atomic E-state index is 0.0277. The van der Waals surface area contributed by atoms with Crippen molar-refractivity contribution in [2.45, 2.75) is 6.18 Å². The maximum absolute atomic E-state index is 13.1. The summed E-state index contributed by atoms with van der Waals surface area (Å²) in [4.78, 5) is 36.3. The molecule has 0 radical (unpaired) electrons. The van der Waals surface area contributed by atoms with Gasteiger partial charge >= 0.3 is 12.1 Å². The molecule has 0 unspecified atom stereocenters. The van der Waals surface area contributed by atoms with E-state index in [0.717, 1.165) is 35.6 Å². The van der Waals surface area contributed by atoms with Crippen LogP contribution in [0.15, 0.2) is 41.8 Å². The second-order valence-corrected chi connectivity index (χ2v) is 6.15. The molecular formula is C17H10F3NO5S. The first-order chi connectivity index (χ1) is 12.7. The second kappa shape index (κ2) is 6.88. The Hall–Kier alpha value is -3.14. The quantitative estimate of drug-likeness (QED) is 0.580. The average Bonchev–Trinajstić information content (AvgIpc) is 3.20. The average molecular weight is 397 g/mol. The molecule has 1 aromatic carbocycles. The first-order valence-electron chi connectivity index (χ1n) is 7.33. The van der Waals surface area contributed by atoms with Gasteiger partial charge in [-0.3, -0.25) is 9.59 Å². The molecule has 2 heterocycles. The minimum atomic E-state index is -4.69. The number of nitrogens with zero attached hydrogens (tertiary/aromatic N) is 1. The standard InChI is InChI=1S/C17H10F3NO5S/c1-25-16(24)15-12(6-7-27-15)26-11-3-2-9(17(18,19)20)8-10(11)21-13(22)4-5-14(21)23/h2-8H,1H3. The van der Waals surface area contributed by atoms with Gasteiger partial charge in [0.05, 0.1) is 18.4 Å². The van der Waals surface area contributed by atoms with Crippen molar-refractivity contribution >= 4 is 34.8 Å². The number of benzene rings is 1. The summed E-state index contributed by atoms with van der Waals surface area (Å²) in [5.41, 5.74) is -1.44. The number of anilines is 1. The van der Waals surface area contributed by atoms with Crippen LogP contribution < -0.4 is 9.64 Å². The molecule has 3 rings (SSSR count). The van der Waals surface area contributed by atoms with Gasteiger partial charge in [-0.2, -0.15) is 13.2 Å². The number of imide groups is 1. The van der Waals surface area contributed by atoms with Gasteiger partial charge in [-0.15, -0.1) is 11.3 Å². The van der Waals surface area contributed by atoms with Crippen LogP contribution in [0.1, 0.15) is 15.2 Å². The fraction of sp³-hybridized carbons (Fsp3) is 0.118. The van der Waals surface area contributed by atoms with E-state index < -0.39 is 29.5 Å². The Morgan fingerprint density at radius 1 is 1.07 bits per heavy atom. The molecule has 2 amide bonds. The molecule has 140 valence electrons. The van der Waals surface area contributed by atoms with Crippen LogP contribution in [-0.2, 0) is 20.5 Å². The summed E-state index contributed by atoms with van der Waals surface area (Å²) in [5.74, 6) is -2.47. The predicted octanol–water partition coefficient (Wildman–Crippen LogP) is 3.78. The number of hydrogen-bond acceptors (Lipinski definition) is 6. The Morgan fingerprint density at radius 2 is 1.74 bits per heavy atom. The third-order valence-electron chi connectivity index (χ3n) is 3.56. The highest BCUT2D eigenvalue weighted by atomic mass is 32.1. The van der Waals surface area contributed by atoms with E-state index in [0.29, 0.717) is 11.0 Å². The van der Waals surface area contributed by atoms with Crippen LogP contribution in [0, 0.1) is 0 Å². The lowest BCUT2D eigenvalue weighted by atomic mass is 10.1. The highest BCUT2D eigenvalue weighted by Gasteiger charge is 2.35. The van der Waals surface area contributed by atoms with Crippen LogP contribution in [0.4, 0.5) is 18.9 Å². The first kappa shape index (κ1) is 18.6. The van der Waals surface area contributed by atoms with E-state index in [-0.39, 0.29) is 22.1 Å². The zero-order chi connectivity index (χ0) is 19.8. The van der Waals surface area contributed by atoms with Gasteiger partial charge in [-0.1, -0.05) is 0 Å². The Morgan fingerprint density at radius 3 is 2.33 bits per heavy atom. The Bertz CT molecular complexity index is 946. The minimum Gasteiger partial charge on any atom is -0.465 e. The second-order valence-electron chi connectivity index (χ2n) is 5.23. The number of esters is 1. The summed E-state index contributed by atoms with van der Waals surface area (Å²) in [7, 11) is 1.17. The van der Waals surface area contributed by atoms with Crippen molar-refractivity contribution in [2.75, 3.05) is 12.0 Å². The van der Waals surface area contributed by atoms with Gasteiger partial charge in [0.1, 0.15) is 0 Å². The number of carbonyl (C=O) groups excluding carboxylic acids is 3. The highest BCUT2D eigenvalue weighted by Crippen LogP contribution is 2.41. The summed E-state index contributed by atoms with van der Waals surface area (Å²) in [6.07, 6.45) is -2.81. The largest absolute Gasteiger partial charge is 0.465 e. The predicted molar refractivity (Wildman–Crippen MR) is 88.8 cm³/mol. The number of carbonyl (C=O) groups is 3. The molecule has 0 spiro atoms. The normalized spacial score (nSPS) is 14.0. The monoisotopic (exact) mass is 397 g/mol. The molecule has 2 aromatic rings. The van der Waals surface area contributed by atoms with Crippen molar-refractivity contribution in [3.8, 4) is 11.5 Å². The van der Waals surface area contributed by atoms with E-state index in [4.69, 9.17) is 4.74 Å². The maximum Gasteiger partial charge on any atom is 0.416 e. The van der Waals surface area contributed by atoms with Crippen molar-refractivity contribution in [3.63, 3.8) is 0 Å². The number of alkyl halides is 3. The van der Waals surface area contributed by atoms with E-state index in [2.05, 4.69) is 4.74 Å². The Labute approximate surface area is 154 Å². The van der Waals surface area contributed by atoms with E-state index in [1.54, 1.807) is 0 Å². The lowest BCUT2D eigenvalue weighted by Crippen LogP contribution is -2.30. The number of hydrogen-bond donors (Lipinski definition) is 0. The lowest BCUT2D eigenvalue weighted by Gasteiger charge is -2.20. The van der Waals surface area contributed by atoms with Crippen LogP contribution in [0.3, 0.4) is 0 Å². The van der Waals surface area contributed by atoms with Crippen LogP contribution in [0.5, 0.6) is 11.5 Å². The van der Waals surface area contributed by atoms with Gasteiger partial charge in [0, 0.05) is 12.2 Å². The third-order valence-corrected chi connectivity index (χ3v) is 4.43. The molecule has 0 saturated carbocycles. The van der Waals surface area contributed by atoms with Gasteiger partial charge in [0.2, 0.25) is 0 Å². The molecule has 0 saturated heterocycles. The Balaban J connectivity index is 2.08. The molecule has 1 aliphatic rings. The summed E-state index contributed by atoms with van der Waals surface area (Å²) in [5, 5.41) is 1.53. The number of ether oxygens (including phenoxy) is 2. The molecule has 0 N–H and O–H groups in total. The zero-order valence-corrected chi connectivity index (χ0v) is 14.4. The van der Waals surface area contributed by atoms with Crippen molar-refractivity contribution in [1.29, 1.82) is 0 Å². The van der Waals surface area contributed by atoms with E-state index in [1.807, 2.05) is 0 Å². The number of thiophene rings is 1. The topological polar surface area (TPSA) is 72.9 Å². The fourth-order valence-corrected chi connectivity index (χ4v) is 3.06. The SMILES string of the molecule is COC(=O)c1sccc1Oc1ccc(C(F)(F)F)cc1N1C(=O)C=CC1=O. The van der Waals surface area contributed by atoms with Crippen LogP contribution in [0.25, 0.3) is 0 Å². The first-order valence-corrected chi connectivity index (χ1v) is 8.21. The molecular weight excluding hydrogens is 387 g/mol. The highest BCUT2D eigenvalue weighted by molar-refractivity contribution is 7.12. The third kappa shape index (κ3) is 3.56. The van der Waals surface area contributed by atoms with Crippen LogP contribution in [0.2, 0.25) is 0 Å². The van der Waals surface area contributed by atoms with Crippen molar-refractivity contribution in [2.24, 2.45) is 0 Å². The van der Waals surface area contributed by atoms with Crippen molar-refractivity contribution in [1.82, 2.24) is 0 Å². The number of amides is 2. The van der Waals surface area contributed by atoms with Crippen LogP contribution in [-0.4, -0.2) is 24.9 Å². The van der Waals surface area contributed by atoms with Crippen molar-refractivity contribution < 1.29 is 37.0 Å². The van der Waals surface area contributed by atoms with Gasteiger partial charge < -0.3 is 9.47 Å². The van der Waals surface area contributed by atoms with Gasteiger partial charge in [-0.05, 0) is 29.6 Å². The summed E-state index contributed by atoms with van der Waals surface area (Å²) >= 11 is 1.01. The molecule has 27 heavy (non-hydrogen) atoms. The summed E-state index contributed by atoms with van der Waals surface area (Å²) in [6, 6.07) is 3.80. The zero-order valence-electron chi connectivity index (χ0n) is 13.6. The van der Waals surface area contributed by atoms with E-state index in [9.17, 15) is 27.6 Å². The number of methoxy groups -OCH3 is 1. The molecule has 0 fully saturated rings. The molecule has 1 aliphatic heterocycles. The van der Waals surface area contributed by atoms with Gasteiger partial charge in [0.15, 0.2) is 16.4 Å². The maximum atomic E-state index is 13.1. The smallest absolute Gasteiger partial charge is 0.416 e. The molecule has 0 aliphatic carbocycles. The molecule has 1 aromatic heterocycles. The van der Waals surface area contributed by atoms with Gasteiger partial charge in [0.25, 0.3) is 11.8 Å². The fourth-order valence-electron chi connectivity index (χ4n) is 2.33. The molecule has 0 atom stereocenters. The van der Waals surface area contributed by atoms with E-state index in [1.165, 1.54) is 18.6 Å². The summed E-state index contributed by atoms with van der Waals surface area (Å²) in [6.45, 7) is 0. The van der Waals surface area contributed by atoms with Crippen molar-refractivity contribution in [3.05, 3.63) is 52.2 Å². The van der Waals surface area contributed by atoms with Crippen LogP contribution >= 0.6 is 11.3 Å². The molecule has 10 heteroatoms. The number of halogens is 3. The summed E-state index contributed by atoms with van der Waals surface area (Å²) < 4.78 is 49.4. The van der Waals surface area contributed by atoms with Gasteiger partial charge in [-0.25, -0.2) is 9.69 Å². The number of rotatable bonds is 4. The lowest BCUT2D eigenvalue weighted by molar-refractivity contribution is -0.137.